The van der Waals surface area contributed by atoms with Gasteiger partial charge >= 0.3 is 23.9 Å². The molecule has 0 atom stereocenters. The molecular formula is C34H31AgClN2O14. The molecule has 16 nitrogen and oxygen atoms in total. The molecule has 0 spiro atoms. The van der Waals surface area contributed by atoms with Gasteiger partial charge in [0.15, 0.2) is 0 Å². The van der Waals surface area contributed by atoms with Crippen LogP contribution in [0.4, 0.5) is 0 Å². The standard InChI is InChI=1S/C17H15ClO4.C17H15NO7.Ag.HNO3/c1-11-3-8-16(21-12(2)19)15(9-11)17(20)22-14-6-4-13(10-18)5-7-14;1-11-3-8-16(24-12(2)19)15(9-11)17(20)25-14-6-4-13(5-7-14)10-23-18(21)22;;2-1(3)4/h3-9H,10H2,1-2H3;3-9H,10H2,1-2H3;;(H,2,3,4). The van der Waals surface area contributed by atoms with Gasteiger partial charge in [-0.05, 0) is 84.6 Å². The number of alkyl halides is 1. The summed E-state index contributed by atoms with van der Waals surface area (Å²) in [6.07, 6.45) is 0. The molecule has 0 aliphatic heterocycles. The molecule has 0 heterocycles. The maximum atomic E-state index is 12.3. The number of aryl methyl sites for hydroxylation is 2. The first-order chi connectivity index (χ1) is 24.1. The maximum Gasteiger partial charge on any atom is 0.347 e. The van der Waals surface area contributed by atoms with Gasteiger partial charge in [-0.1, -0.05) is 36.4 Å². The SMILES string of the molecule is CC(=O)Oc1ccc(C)cc1C(=O)Oc1ccc(CCl)cc1.CC(=O)Oc1ccc(C)cc1C(=O)Oc1ccc(CO[N+](=O)[O-])cc1.O=[N+]([O-])O.[Ag]. The van der Waals surface area contributed by atoms with E-state index in [0.717, 1.165) is 16.7 Å². The minimum absolute atomic E-state index is 0. The van der Waals surface area contributed by atoms with Crippen molar-refractivity contribution < 1.29 is 80.7 Å². The average Bonchev–Trinajstić information content (AvgIpc) is 3.06. The molecule has 1 N–H and O–H groups in total. The predicted molar refractivity (Wildman–Crippen MR) is 178 cm³/mol. The molecule has 18 heteroatoms. The van der Waals surface area contributed by atoms with Gasteiger partial charge in [-0.3, -0.25) is 9.59 Å². The number of nitrogens with zero attached hydrogens (tertiary/aromatic N) is 2. The zero-order valence-electron chi connectivity index (χ0n) is 27.8. The number of benzene rings is 4. The molecule has 0 unspecified atom stereocenters. The van der Waals surface area contributed by atoms with Gasteiger partial charge in [0, 0.05) is 42.1 Å². The topological polar surface area (TPSA) is 221 Å². The molecule has 0 aliphatic carbocycles. The number of hydrogen-bond donors (Lipinski definition) is 1. The number of esters is 4. The van der Waals surface area contributed by atoms with Crippen molar-refractivity contribution in [3.63, 3.8) is 0 Å². The van der Waals surface area contributed by atoms with Crippen LogP contribution in [-0.4, -0.2) is 39.3 Å². The Morgan fingerprint density at radius 1 is 0.654 bits per heavy atom. The molecule has 0 saturated carbocycles. The summed E-state index contributed by atoms with van der Waals surface area (Å²) in [6, 6.07) is 22.7. The van der Waals surface area contributed by atoms with Crippen LogP contribution in [0.3, 0.4) is 0 Å². The number of hydrogen-bond acceptors (Lipinski definition) is 13. The molecule has 0 bridgehead atoms. The van der Waals surface area contributed by atoms with Gasteiger partial charge in [-0.25, -0.2) is 9.59 Å². The largest absolute Gasteiger partial charge is 0.426 e. The van der Waals surface area contributed by atoms with Crippen LogP contribution in [0.15, 0.2) is 84.9 Å². The number of carbonyl (C=O) groups excluding carboxylic acids is 4. The Morgan fingerprint density at radius 3 is 1.35 bits per heavy atom. The first-order valence-electron chi connectivity index (χ1n) is 14.4. The monoisotopic (exact) mass is 833 g/mol. The van der Waals surface area contributed by atoms with Crippen LogP contribution >= 0.6 is 11.6 Å². The normalized spacial score (nSPS) is 9.56. The smallest absolute Gasteiger partial charge is 0.347 e. The van der Waals surface area contributed by atoms with E-state index >= 15 is 0 Å². The summed E-state index contributed by atoms with van der Waals surface area (Å²) in [6.45, 7) is 5.94. The number of ether oxygens (including phenoxy) is 4. The van der Waals surface area contributed by atoms with Crippen LogP contribution < -0.4 is 18.9 Å². The fraction of sp³-hybridized carbons (Fsp3) is 0.176. The summed E-state index contributed by atoms with van der Waals surface area (Å²) in [5.74, 6) is -0.994. The van der Waals surface area contributed by atoms with Crippen molar-refractivity contribution in [3.05, 3.63) is 139 Å². The van der Waals surface area contributed by atoms with Gasteiger partial charge in [-0.2, -0.15) is 0 Å². The van der Waals surface area contributed by atoms with Gasteiger partial charge in [-0.15, -0.1) is 31.8 Å². The summed E-state index contributed by atoms with van der Waals surface area (Å²) in [4.78, 5) is 69.7. The summed E-state index contributed by atoms with van der Waals surface area (Å²) in [7, 11) is 0. The van der Waals surface area contributed by atoms with Crippen molar-refractivity contribution in [1.29, 1.82) is 0 Å². The molecule has 1 radical (unpaired) electrons. The van der Waals surface area contributed by atoms with Crippen molar-refractivity contribution in [2.75, 3.05) is 0 Å². The van der Waals surface area contributed by atoms with Crippen LogP contribution in [0.1, 0.15) is 56.8 Å². The zero-order valence-corrected chi connectivity index (χ0v) is 30.1. The Kier molecular flexibility index (Phi) is 18.8. The molecule has 0 aliphatic rings. The van der Waals surface area contributed by atoms with E-state index in [2.05, 4.69) is 4.84 Å². The zero-order chi connectivity index (χ0) is 38.1. The van der Waals surface area contributed by atoms with E-state index in [4.69, 9.17) is 45.9 Å². The van der Waals surface area contributed by atoms with E-state index in [1.165, 1.54) is 44.2 Å². The van der Waals surface area contributed by atoms with Crippen LogP contribution in [0, 0.1) is 34.1 Å². The van der Waals surface area contributed by atoms with Crippen LogP contribution in [-0.2, 0) is 49.3 Å². The Bertz CT molecular complexity index is 1870. The van der Waals surface area contributed by atoms with Crippen molar-refractivity contribution in [2.45, 2.75) is 40.2 Å². The Balaban J connectivity index is 0.000000466. The maximum absolute atomic E-state index is 12.3. The fourth-order valence-electron chi connectivity index (χ4n) is 3.85. The number of halogens is 1. The van der Waals surface area contributed by atoms with Gasteiger partial charge in [0.1, 0.15) is 40.7 Å². The van der Waals surface area contributed by atoms with Crippen molar-refractivity contribution >= 4 is 35.5 Å². The van der Waals surface area contributed by atoms with E-state index in [1.54, 1.807) is 61.5 Å². The second-order valence-corrected chi connectivity index (χ2v) is 10.4. The molecule has 4 rings (SSSR count). The van der Waals surface area contributed by atoms with Crippen molar-refractivity contribution in [3.8, 4) is 23.0 Å². The van der Waals surface area contributed by atoms with Crippen LogP contribution in [0.25, 0.3) is 0 Å². The fourth-order valence-corrected chi connectivity index (χ4v) is 4.02. The summed E-state index contributed by atoms with van der Waals surface area (Å²) in [5.41, 5.74) is 3.47. The molecule has 0 saturated heterocycles. The summed E-state index contributed by atoms with van der Waals surface area (Å²) in [5, 5.41) is 22.9. The summed E-state index contributed by atoms with van der Waals surface area (Å²) < 4.78 is 20.6. The van der Waals surface area contributed by atoms with Crippen molar-refractivity contribution in [1.82, 2.24) is 0 Å². The molecule has 0 fully saturated rings. The van der Waals surface area contributed by atoms with E-state index in [1.807, 2.05) is 6.92 Å². The molecule has 0 amide bonds. The Hall–Kier alpha value is -5.81. The first kappa shape index (κ1) is 44.2. The van der Waals surface area contributed by atoms with E-state index in [-0.39, 0.29) is 57.4 Å². The van der Waals surface area contributed by atoms with E-state index < -0.39 is 34.1 Å². The summed E-state index contributed by atoms with van der Waals surface area (Å²) >= 11 is 5.71. The Morgan fingerprint density at radius 2 is 1.02 bits per heavy atom. The van der Waals surface area contributed by atoms with Crippen LogP contribution in [0.5, 0.6) is 23.0 Å². The third-order valence-corrected chi connectivity index (χ3v) is 6.28. The van der Waals surface area contributed by atoms with Gasteiger partial charge in [0.2, 0.25) is 0 Å². The van der Waals surface area contributed by atoms with E-state index in [0.29, 0.717) is 17.2 Å². The quantitative estimate of drug-likeness (QED) is 0.0458. The number of rotatable bonds is 10. The molecular weight excluding hydrogens is 804 g/mol. The predicted octanol–water partition coefficient (Wildman–Crippen LogP) is 6.38. The van der Waals surface area contributed by atoms with Gasteiger partial charge < -0.3 is 29.0 Å². The minimum Gasteiger partial charge on any atom is -0.426 e. The van der Waals surface area contributed by atoms with Crippen molar-refractivity contribution in [2.24, 2.45) is 0 Å². The minimum atomic E-state index is -1.50. The second-order valence-electron chi connectivity index (χ2n) is 10.1. The van der Waals surface area contributed by atoms with Crippen LogP contribution in [0.2, 0.25) is 0 Å². The average molecular weight is 835 g/mol. The first-order valence-corrected chi connectivity index (χ1v) is 15.0. The number of carbonyl (C=O) groups is 4. The third-order valence-electron chi connectivity index (χ3n) is 5.98. The molecule has 4 aromatic rings. The molecule has 279 valence electrons. The van der Waals surface area contributed by atoms with E-state index in [9.17, 15) is 29.3 Å². The molecule has 52 heavy (non-hydrogen) atoms. The second kappa shape index (κ2) is 22.1. The molecule has 4 aromatic carbocycles. The Labute approximate surface area is 316 Å². The third kappa shape index (κ3) is 16.3. The van der Waals surface area contributed by atoms with Gasteiger partial charge in [0.05, 0.1) is 0 Å². The molecule has 0 aromatic heterocycles. The van der Waals surface area contributed by atoms with Gasteiger partial charge in [0.25, 0.3) is 10.2 Å².